The molecule has 33 heavy (non-hydrogen) atoms. The zero-order valence-electron chi connectivity index (χ0n) is 16.5. The molecule has 3 amide bonds. The molecule has 0 saturated heterocycles. The molecule has 0 aliphatic carbocycles. The van der Waals surface area contributed by atoms with E-state index >= 15 is 0 Å². The fourth-order valence-electron chi connectivity index (χ4n) is 3.08. The van der Waals surface area contributed by atoms with Crippen molar-refractivity contribution in [1.82, 2.24) is 0 Å². The molecule has 1 aliphatic rings. The van der Waals surface area contributed by atoms with Crippen LogP contribution in [-0.2, 0) is 9.59 Å². The molecular formula is C23H13BrCl3N3O3. The SMILES string of the molecule is O=C(Nc1ccc(Br)cc1)c1ccc(NC2=C(Cl)C(=O)N(c3ccc(Cl)cc3Cl)C2=O)cc1. The maximum Gasteiger partial charge on any atom is 0.283 e. The Bertz CT molecular complexity index is 1310. The van der Waals surface area contributed by atoms with E-state index < -0.39 is 11.8 Å². The molecule has 0 bridgehead atoms. The van der Waals surface area contributed by atoms with Crippen molar-refractivity contribution < 1.29 is 14.4 Å². The van der Waals surface area contributed by atoms with Crippen molar-refractivity contribution >= 4 is 85.5 Å². The van der Waals surface area contributed by atoms with Gasteiger partial charge in [-0.15, -0.1) is 0 Å². The van der Waals surface area contributed by atoms with Crippen molar-refractivity contribution in [3.63, 3.8) is 0 Å². The minimum Gasteiger partial charge on any atom is -0.350 e. The molecule has 1 heterocycles. The van der Waals surface area contributed by atoms with E-state index in [2.05, 4.69) is 26.6 Å². The van der Waals surface area contributed by atoms with Crippen LogP contribution in [0, 0.1) is 0 Å². The number of amides is 3. The predicted octanol–water partition coefficient (Wildman–Crippen LogP) is 6.44. The van der Waals surface area contributed by atoms with Gasteiger partial charge >= 0.3 is 0 Å². The molecule has 3 aromatic carbocycles. The van der Waals surface area contributed by atoms with Crippen LogP contribution in [-0.4, -0.2) is 17.7 Å². The number of imide groups is 1. The molecule has 4 rings (SSSR count). The van der Waals surface area contributed by atoms with Crippen LogP contribution in [0.15, 0.2) is 81.9 Å². The van der Waals surface area contributed by atoms with Gasteiger partial charge in [0.05, 0.1) is 10.7 Å². The van der Waals surface area contributed by atoms with Crippen LogP contribution < -0.4 is 15.5 Å². The molecule has 0 saturated carbocycles. The summed E-state index contributed by atoms with van der Waals surface area (Å²) in [6.07, 6.45) is 0. The second-order valence-electron chi connectivity index (χ2n) is 6.89. The zero-order valence-corrected chi connectivity index (χ0v) is 20.4. The average molecular weight is 566 g/mol. The minimum absolute atomic E-state index is 0.0975. The first-order chi connectivity index (χ1) is 15.7. The van der Waals surface area contributed by atoms with Gasteiger partial charge in [-0.05, 0) is 66.7 Å². The van der Waals surface area contributed by atoms with E-state index in [9.17, 15) is 14.4 Å². The van der Waals surface area contributed by atoms with Crippen LogP contribution in [0.2, 0.25) is 10.0 Å². The molecule has 0 atom stereocenters. The van der Waals surface area contributed by atoms with Gasteiger partial charge in [0, 0.05) is 26.4 Å². The van der Waals surface area contributed by atoms with Gasteiger partial charge in [-0.1, -0.05) is 50.7 Å². The predicted molar refractivity (Wildman–Crippen MR) is 134 cm³/mol. The van der Waals surface area contributed by atoms with E-state index in [0.717, 1.165) is 9.37 Å². The second kappa shape index (κ2) is 9.57. The minimum atomic E-state index is -0.709. The van der Waals surface area contributed by atoms with Crippen molar-refractivity contribution in [2.24, 2.45) is 0 Å². The van der Waals surface area contributed by atoms with Crippen molar-refractivity contribution in [3.05, 3.63) is 97.5 Å². The quantitative estimate of drug-likeness (QED) is 0.349. The third-order valence-electron chi connectivity index (χ3n) is 4.70. The Morgan fingerprint density at radius 1 is 0.818 bits per heavy atom. The molecule has 3 aromatic rings. The van der Waals surface area contributed by atoms with E-state index in [-0.39, 0.29) is 27.3 Å². The lowest BCUT2D eigenvalue weighted by Crippen LogP contribution is -2.32. The number of hydrogen-bond acceptors (Lipinski definition) is 4. The monoisotopic (exact) mass is 563 g/mol. The lowest BCUT2D eigenvalue weighted by molar-refractivity contribution is -0.120. The maximum atomic E-state index is 12.9. The van der Waals surface area contributed by atoms with Gasteiger partial charge in [0.1, 0.15) is 10.7 Å². The smallest absolute Gasteiger partial charge is 0.283 e. The molecule has 0 radical (unpaired) electrons. The molecular weight excluding hydrogens is 553 g/mol. The van der Waals surface area contributed by atoms with E-state index in [0.29, 0.717) is 22.0 Å². The van der Waals surface area contributed by atoms with Crippen LogP contribution in [0.5, 0.6) is 0 Å². The molecule has 0 fully saturated rings. The fraction of sp³-hybridized carbons (Fsp3) is 0. The number of benzene rings is 3. The van der Waals surface area contributed by atoms with Gasteiger partial charge in [-0.2, -0.15) is 0 Å². The summed E-state index contributed by atoms with van der Waals surface area (Å²) < 4.78 is 0.903. The van der Waals surface area contributed by atoms with Crippen LogP contribution in [0.25, 0.3) is 0 Å². The molecule has 2 N–H and O–H groups in total. The maximum absolute atomic E-state index is 12.9. The summed E-state index contributed by atoms with van der Waals surface area (Å²) in [7, 11) is 0. The number of carbonyl (C=O) groups excluding carboxylic acids is 3. The summed E-state index contributed by atoms with van der Waals surface area (Å²) in [6, 6.07) is 18.0. The van der Waals surface area contributed by atoms with E-state index in [1.807, 2.05) is 12.1 Å². The van der Waals surface area contributed by atoms with Crippen molar-refractivity contribution in [2.75, 3.05) is 15.5 Å². The summed E-state index contributed by atoms with van der Waals surface area (Å²) >= 11 is 21.5. The Kier molecular flexibility index (Phi) is 6.76. The third-order valence-corrected chi connectivity index (χ3v) is 6.11. The summed E-state index contributed by atoms with van der Waals surface area (Å²) in [4.78, 5) is 38.9. The number of carbonyl (C=O) groups is 3. The first-order valence-corrected chi connectivity index (χ1v) is 11.3. The highest BCUT2D eigenvalue weighted by molar-refractivity contribution is 9.10. The van der Waals surface area contributed by atoms with E-state index in [1.165, 1.54) is 18.2 Å². The summed E-state index contributed by atoms with van der Waals surface area (Å²) in [5, 5.41) is 5.87. The largest absolute Gasteiger partial charge is 0.350 e. The van der Waals surface area contributed by atoms with Gasteiger partial charge in [0.25, 0.3) is 17.7 Å². The van der Waals surface area contributed by atoms with Gasteiger partial charge in [-0.25, -0.2) is 4.90 Å². The average Bonchev–Trinajstić information content (AvgIpc) is 2.99. The van der Waals surface area contributed by atoms with Gasteiger partial charge in [0.2, 0.25) is 0 Å². The highest BCUT2D eigenvalue weighted by Crippen LogP contribution is 2.35. The topological polar surface area (TPSA) is 78.5 Å². The van der Waals surface area contributed by atoms with Crippen LogP contribution in [0.1, 0.15) is 10.4 Å². The van der Waals surface area contributed by atoms with E-state index in [1.54, 1.807) is 36.4 Å². The third kappa shape index (κ3) is 4.91. The standard InChI is InChI=1S/C23H13BrCl3N3O3/c24-13-3-8-16(9-4-13)29-21(31)12-1-6-15(7-2-12)28-20-19(27)22(32)30(23(20)33)18-10-5-14(25)11-17(18)26/h1-11,28H,(H,29,31). The zero-order chi connectivity index (χ0) is 23.7. The molecule has 0 aromatic heterocycles. The van der Waals surface area contributed by atoms with Crippen molar-refractivity contribution in [1.29, 1.82) is 0 Å². The first-order valence-electron chi connectivity index (χ1n) is 9.42. The fourth-order valence-corrected chi connectivity index (χ4v) is 4.05. The Morgan fingerprint density at radius 3 is 2.09 bits per heavy atom. The van der Waals surface area contributed by atoms with E-state index in [4.69, 9.17) is 34.8 Å². The first kappa shape index (κ1) is 23.3. The van der Waals surface area contributed by atoms with Gasteiger partial charge in [0.15, 0.2) is 0 Å². The van der Waals surface area contributed by atoms with Gasteiger partial charge in [-0.3, -0.25) is 14.4 Å². The lowest BCUT2D eigenvalue weighted by Gasteiger charge is -2.16. The Balaban J connectivity index is 1.49. The Morgan fingerprint density at radius 2 is 1.45 bits per heavy atom. The summed E-state index contributed by atoms with van der Waals surface area (Å²) in [5.74, 6) is -1.66. The van der Waals surface area contributed by atoms with Crippen molar-refractivity contribution in [3.8, 4) is 0 Å². The molecule has 166 valence electrons. The molecule has 1 aliphatic heterocycles. The Labute approximate surface area is 212 Å². The van der Waals surface area contributed by atoms with Crippen LogP contribution in [0.4, 0.5) is 17.1 Å². The van der Waals surface area contributed by atoms with Crippen LogP contribution >= 0.6 is 50.7 Å². The molecule has 6 nitrogen and oxygen atoms in total. The molecule has 10 heteroatoms. The summed E-state index contributed by atoms with van der Waals surface area (Å²) in [5.41, 5.74) is 1.60. The van der Waals surface area contributed by atoms with Crippen LogP contribution in [0.3, 0.4) is 0 Å². The van der Waals surface area contributed by atoms with Crippen molar-refractivity contribution in [2.45, 2.75) is 0 Å². The second-order valence-corrected chi connectivity index (χ2v) is 9.03. The number of halogens is 4. The number of rotatable bonds is 5. The summed E-state index contributed by atoms with van der Waals surface area (Å²) in [6.45, 7) is 0. The molecule has 0 spiro atoms. The lowest BCUT2D eigenvalue weighted by atomic mass is 10.2. The normalized spacial score (nSPS) is 13.5. The number of nitrogens with zero attached hydrogens (tertiary/aromatic N) is 1. The number of nitrogens with one attached hydrogen (secondary N) is 2. The van der Waals surface area contributed by atoms with Gasteiger partial charge < -0.3 is 10.6 Å². The Hall–Kier alpha value is -2.84. The number of anilines is 3. The highest BCUT2D eigenvalue weighted by atomic mass is 79.9. The number of hydrogen-bond donors (Lipinski definition) is 2. The highest BCUT2D eigenvalue weighted by Gasteiger charge is 2.39. The molecule has 0 unspecified atom stereocenters.